The zero-order valence-corrected chi connectivity index (χ0v) is 14.6. The summed E-state index contributed by atoms with van der Waals surface area (Å²) in [6.07, 6.45) is 12.2. The largest absolute Gasteiger partial charge is 0.303 e. The van der Waals surface area contributed by atoms with Gasteiger partial charge in [-0.15, -0.1) is 0 Å². The summed E-state index contributed by atoms with van der Waals surface area (Å²) in [7, 11) is 0. The smallest absolute Gasteiger partial charge is 0.0193 e. The van der Waals surface area contributed by atoms with Crippen molar-refractivity contribution in [3.63, 3.8) is 0 Å². The summed E-state index contributed by atoms with van der Waals surface area (Å²) < 4.78 is 0. The standard InChI is InChI=1S/C19H35N3/c1-2-20-13-9-19(10-14-20)22-12-6-11-21(15-16-22)17-18-7-4-3-5-8-18/h7,19H,2-6,8-17H2,1H3. The molecule has 3 heteroatoms. The molecule has 126 valence electrons. The minimum absolute atomic E-state index is 0.858. The second kappa shape index (κ2) is 8.47. The molecule has 0 bridgehead atoms. The molecule has 0 saturated carbocycles. The molecule has 1 aliphatic carbocycles. The van der Waals surface area contributed by atoms with Gasteiger partial charge in [-0.05, 0) is 77.7 Å². The molecule has 0 radical (unpaired) electrons. The van der Waals surface area contributed by atoms with E-state index in [1.54, 1.807) is 5.57 Å². The lowest BCUT2D eigenvalue weighted by Crippen LogP contribution is -2.46. The lowest BCUT2D eigenvalue weighted by atomic mass is 9.99. The van der Waals surface area contributed by atoms with Gasteiger partial charge >= 0.3 is 0 Å². The first-order chi connectivity index (χ1) is 10.8. The van der Waals surface area contributed by atoms with Crippen LogP contribution in [0.5, 0.6) is 0 Å². The summed E-state index contributed by atoms with van der Waals surface area (Å²) in [5.41, 5.74) is 1.72. The molecule has 0 aromatic carbocycles. The third-order valence-corrected chi connectivity index (χ3v) is 5.96. The van der Waals surface area contributed by atoms with Gasteiger partial charge < -0.3 is 4.90 Å². The van der Waals surface area contributed by atoms with Crippen LogP contribution in [0.1, 0.15) is 51.9 Å². The van der Waals surface area contributed by atoms with Gasteiger partial charge in [-0.2, -0.15) is 0 Å². The Balaban J connectivity index is 1.44. The average molecular weight is 306 g/mol. The summed E-state index contributed by atoms with van der Waals surface area (Å²) in [6, 6.07) is 0.858. The molecule has 0 atom stereocenters. The third kappa shape index (κ3) is 4.56. The van der Waals surface area contributed by atoms with E-state index in [-0.39, 0.29) is 0 Å². The molecule has 3 nitrogen and oxygen atoms in total. The molecule has 0 spiro atoms. The average Bonchev–Trinajstić information content (AvgIpc) is 2.82. The van der Waals surface area contributed by atoms with Crippen molar-refractivity contribution < 1.29 is 0 Å². The maximum Gasteiger partial charge on any atom is 0.0193 e. The number of rotatable bonds is 4. The van der Waals surface area contributed by atoms with Gasteiger partial charge in [0.05, 0.1) is 0 Å². The highest BCUT2D eigenvalue weighted by Crippen LogP contribution is 2.21. The molecule has 0 aromatic rings. The Labute approximate surface area is 137 Å². The Kier molecular flexibility index (Phi) is 6.34. The van der Waals surface area contributed by atoms with Crippen LogP contribution in [0.15, 0.2) is 11.6 Å². The van der Waals surface area contributed by atoms with Crippen molar-refractivity contribution in [3.05, 3.63) is 11.6 Å². The molecule has 0 N–H and O–H groups in total. The Morgan fingerprint density at radius 1 is 0.909 bits per heavy atom. The van der Waals surface area contributed by atoms with E-state index in [4.69, 9.17) is 0 Å². The minimum atomic E-state index is 0.858. The molecule has 2 aliphatic heterocycles. The van der Waals surface area contributed by atoms with Crippen LogP contribution >= 0.6 is 0 Å². The predicted molar refractivity (Wildman–Crippen MR) is 94.3 cm³/mol. The van der Waals surface area contributed by atoms with Gasteiger partial charge in [-0.3, -0.25) is 9.80 Å². The number of hydrogen-bond donors (Lipinski definition) is 0. The van der Waals surface area contributed by atoms with E-state index in [1.807, 2.05) is 0 Å². The van der Waals surface area contributed by atoms with Crippen molar-refractivity contribution in [2.24, 2.45) is 0 Å². The molecular formula is C19H35N3. The number of hydrogen-bond acceptors (Lipinski definition) is 3. The Bertz CT molecular complexity index is 358. The van der Waals surface area contributed by atoms with Gasteiger partial charge in [-0.1, -0.05) is 18.6 Å². The second-order valence-corrected chi connectivity index (χ2v) is 7.44. The predicted octanol–water partition coefficient (Wildman–Crippen LogP) is 2.98. The lowest BCUT2D eigenvalue weighted by molar-refractivity contribution is 0.114. The van der Waals surface area contributed by atoms with E-state index < -0.39 is 0 Å². The highest BCUT2D eigenvalue weighted by molar-refractivity contribution is 5.07. The normalized spacial score (nSPS) is 27.6. The van der Waals surface area contributed by atoms with Crippen LogP contribution in [0.25, 0.3) is 0 Å². The van der Waals surface area contributed by atoms with Gasteiger partial charge in [-0.25, -0.2) is 0 Å². The summed E-state index contributed by atoms with van der Waals surface area (Å²) in [5, 5.41) is 0. The van der Waals surface area contributed by atoms with Crippen LogP contribution in [0, 0.1) is 0 Å². The summed E-state index contributed by atoms with van der Waals surface area (Å²) in [6.45, 7) is 12.6. The molecule has 2 heterocycles. The van der Waals surface area contributed by atoms with E-state index in [1.165, 1.54) is 97.3 Å². The quantitative estimate of drug-likeness (QED) is 0.739. The SMILES string of the molecule is CCN1CCC(N2CCCN(CC3=CCCCC3)CC2)CC1. The molecule has 0 aromatic heterocycles. The fourth-order valence-corrected chi connectivity index (χ4v) is 4.45. The summed E-state index contributed by atoms with van der Waals surface area (Å²) >= 11 is 0. The van der Waals surface area contributed by atoms with Gasteiger partial charge in [0.25, 0.3) is 0 Å². The first kappa shape index (κ1) is 16.5. The van der Waals surface area contributed by atoms with E-state index in [0.29, 0.717) is 0 Å². The minimum Gasteiger partial charge on any atom is -0.303 e. The summed E-state index contributed by atoms with van der Waals surface area (Å²) in [4.78, 5) is 8.14. The van der Waals surface area contributed by atoms with Gasteiger partial charge in [0.15, 0.2) is 0 Å². The lowest BCUT2D eigenvalue weighted by Gasteiger charge is -2.37. The van der Waals surface area contributed by atoms with Crippen LogP contribution in [0.4, 0.5) is 0 Å². The fourth-order valence-electron chi connectivity index (χ4n) is 4.45. The number of nitrogens with zero attached hydrogens (tertiary/aromatic N) is 3. The van der Waals surface area contributed by atoms with Crippen LogP contribution in [0.2, 0.25) is 0 Å². The zero-order valence-electron chi connectivity index (χ0n) is 14.6. The number of piperidine rings is 1. The maximum absolute atomic E-state index is 2.81. The highest BCUT2D eigenvalue weighted by Gasteiger charge is 2.25. The van der Waals surface area contributed by atoms with Crippen LogP contribution in [-0.4, -0.2) is 73.1 Å². The number of likely N-dealkylation sites (tertiary alicyclic amines) is 1. The van der Waals surface area contributed by atoms with Crippen molar-refractivity contribution in [1.29, 1.82) is 0 Å². The van der Waals surface area contributed by atoms with Crippen LogP contribution in [0.3, 0.4) is 0 Å². The first-order valence-corrected chi connectivity index (χ1v) is 9.72. The fraction of sp³-hybridized carbons (Fsp3) is 0.895. The monoisotopic (exact) mass is 305 g/mol. The topological polar surface area (TPSA) is 9.72 Å². The van der Waals surface area contributed by atoms with Gasteiger partial charge in [0, 0.05) is 25.7 Å². The van der Waals surface area contributed by atoms with Gasteiger partial charge in [0.2, 0.25) is 0 Å². The first-order valence-electron chi connectivity index (χ1n) is 9.72. The van der Waals surface area contributed by atoms with Crippen molar-refractivity contribution in [3.8, 4) is 0 Å². The molecule has 3 aliphatic rings. The maximum atomic E-state index is 2.81. The zero-order chi connectivity index (χ0) is 15.2. The van der Waals surface area contributed by atoms with E-state index in [2.05, 4.69) is 27.7 Å². The van der Waals surface area contributed by atoms with Crippen LogP contribution in [-0.2, 0) is 0 Å². The molecular weight excluding hydrogens is 270 g/mol. The molecule has 22 heavy (non-hydrogen) atoms. The molecule has 3 rings (SSSR count). The molecule has 2 saturated heterocycles. The van der Waals surface area contributed by atoms with E-state index in [0.717, 1.165) is 6.04 Å². The van der Waals surface area contributed by atoms with E-state index in [9.17, 15) is 0 Å². The molecule has 2 fully saturated rings. The van der Waals surface area contributed by atoms with Gasteiger partial charge in [0.1, 0.15) is 0 Å². The third-order valence-electron chi connectivity index (χ3n) is 5.96. The molecule has 0 amide bonds. The van der Waals surface area contributed by atoms with Crippen molar-refractivity contribution in [2.75, 3.05) is 52.4 Å². The number of allylic oxidation sites excluding steroid dienone is 1. The van der Waals surface area contributed by atoms with Crippen molar-refractivity contribution in [2.45, 2.75) is 57.9 Å². The van der Waals surface area contributed by atoms with Crippen LogP contribution < -0.4 is 0 Å². The van der Waals surface area contributed by atoms with E-state index >= 15 is 0 Å². The summed E-state index contributed by atoms with van der Waals surface area (Å²) in [5.74, 6) is 0. The Morgan fingerprint density at radius 2 is 1.77 bits per heavy atom. The van der Waals surface area contributed by atoms with Crippen molar-refractivity contribution >= 4 is 0 Å². The second-order valence-electron chi connectivity index (χ2n) is 7.44. The molecule has 0 unspecified atom stereocenters. The Morgan fingerprint density at radius 3 is 2.50 bits per heavy atom. The van der Waals surface area contributed by atoms with Crippen molar-refractivity contribution in [1.82, 2.24) is 14.7 Å². The Hall–Kier alpha value is -0.380. The highest BCUT2D eigenvalue weighted by atomic mass is 15.2.